The number of hydrogen-bond donors (Lipinski definition) is 2. The Hall–Kier alpha value is -0.430. The summed E-state index contributed by atoms with van der Waals surface area (Å²) in [5, 5.41) is 16.7. The lowest BCUT2D eigenvalue weighted by molar-refractivity contribution is -0.870. The number of quaternary nitrogens is 2. The van der Waals surface area contributed by atoms with E-state index in [-0.39, 0.29) is 24.8 Å². The molecule has 0 aromatic rings. The molecule has 0 aromatic heterocycles. The molecule has 0 fully saturated rings. The first-order chi connectivity index (χ1) is 6.74. The van der Waals surface area contributed by atoms with E-state index < -0.39 is 17.7 Å². The van der Waals surface area contributed by atoms with Crippen LogP contribution in [0.15, 0.2) is 10.2 Å². The van der Waals surface area contributed by atoms with Gasteiger partial charge in [-0.15, -0.1) is 0 Å². The molecule has 102 valence electrons. The highest BCUT2D eigenvalue weighted by Crippen LogP contribution is 2.36. The molecular formula is C9H20Cl2N4O2. The van der Waals surface area contributed by atoms with Gasteiger partial charge in [-0.2, -0.15) is 10.2 Å². The van der Waals surface area contributed by atoms with E-state index in [1.54, 1.807) is 0 Å². The largest absolute Gasteiger partial charge is 1.00 e. The maximum atomic E-state index is 10.7. The van der Waals surface area contributed by atoms with Gasteiger partial charge in [0.25, 0.3) is 0 Å². The Morgan fingerprint density at radius 3 is 2.12 bits per heavy atom. The van der Waals surface area contributed by atoms with Crippen LogP contribution in [0.3, 0.4) is 0 Å². The van der Waals surface area contributed by atoms with Crippen molar-refractivity contribution in [1.82, 2.24) is 0 Å². The van der Waals surface area contributed by atoms with Crippen molar-refractivity contribution < 1.29 is 44.9 Å². The van der Waals surface area contributed by atoms with E-state index in [9.17, 15) is 4.79 Å². The molecule has 1 atom stereocenters. The molecule has 1 aliphatic heterocycles. The van der Waals surface area contributed by atoms with Crippen LogP contribution in [0.5, 0.6) is 0 Å². The Labute approximate surface area is 114 Å². The van der Waals surface area contributed by atoms with Gasteiger partial charge >= 0.3 is 5.97 Å². The quantitative estimate of drug-likeness (QED) is 0.476. The monoisotopic (exact) mass is 286 g/mol. The molecule has 0 saturated heterocycles. The van der Waals surface area contributed by atoms with Gasteiger partial charge in [0.05, 0.1) is 34.1 Å². The minimum atomic E-state index is -0.878. The van der Waals surface area contributed by atoms with Gasteiger partial charge in [-0.05, 0) is 0 Å². The van der Waals surface area contributed by atoms with Crippen molar-refractivity contribution in [2.24, 2.45) is 10.2 Å². The van der Waals surface area contributed by atoms with Crippen molar-refractivity contribution in [3.63, 3.8) is 0 Å². The summed E-state index contributed by atoms with van der Waals surface area (Å²) in [4.78, 5) is 10.7. The second-order valence-corrected chi connectivity index (χ2v) is 5.19. The average Bonchev–Trinajstić information content (AvgIpc) is 2.81. The summed E-state index contributed by atoms with van der Waals surface area (Å²) in [6, 6.07) is -0.618. The van der Waals surface area contributed by atoms with E-state index in [1.165, 1.54) is 0 Å². The van der Waals surface area contributed by atoms with Crippen molar-refractivity contribution in [2.45, 2.75) is 24.5 Å². The fraction of sp³-hybridized carbons (Fsp3) is 0.889. The SMILES string of the molecule is C[N+](C)(C)CCC1(C[C@H]([NH3+])C(=O)O)N=N1.[Cl-].[Cl-]. The number of hydrogen-bond acceptors (Lipinski definition) is 3. The van der Waals surface area contributed by atoms with Crippen LogP contribution in [0.1, 0.15) is 12.8 Å². The molecule has 0 bridgehead atoms. The van der Waals surface area contributed by atoms with E-state index in [0.717, 1.165) is 17.4 Å². The molecule has 1 heterocycles. The lowest BCUT2D eigenvalue weighted by atomic mass is 10.0. The highest BCUT2D eigenvalue weighted by Gasteiger charge is 2.45. The first-order valence-corrected chi connectivity index (χ1v) is 5.05. The Bertz CT molecular complexity index is 285. The van der Waals surface area contributed by atoms with E-state index >= 15 is 0 Å². The number of nitrogens with zero attached hydrogens (tertiary/aromatic N) is 3. The number of aliphatic carboxylic acids is 1. The molecule has 1 rings (SSSR count). The predicted molar refractivity (Wildman–Crippen MR) is 54.0 cm³/mol. The third kappa shape index (κ3) is 6.78. The zero-order chi connectivity index (χ0) is 11.7. The van der Waals surface area contributed by atoms with Crippen molar-refractivity contribution in [3.8, 4) is 0 Å². The zero-order valence-corrected chi connectivity index (χ0v) is 11.9. The number of carbonyl (C=O) groups is 1. The van der Waals surface area contributed by atoms with Gasteiger partial charge in [0, 0.05) is 6.42 Å². The van der Waals surface area contributed by atoms with Gasteiger partial charge in [-0.3, -0.25) is 0 Å². The van der Waals surface area contributed by atoms with Crippen LogP contribution in [-0.2, 0) is 4.79 Å². The molecular weight excluding hydrogens is 267 g/mol. The van der Waals surface area contributed by atoms with Crippen LogP contribution < -0.4 is 30.5 Å². The topological polar surface area (TPSA) is 89.7 Å². The normalized spacial score (nSPS) is 17.6. The molecule has 4 N–H and O–H groups in total. The second-order valence-electron chi connectivity index (χ2n) is 5.19. The molecule has 17 heavy (non-hydrogen) atoms. The summed E-state index contributed by atoms with van der Waals surface area (Å²) in [7, 11) is 6.28. The summed E-state index contributed by atoms with van der Waals surface area (Å²) in [5.74, 6) is -0.878. The van der Waals surface area contributed by atoms with Crippen LogP contribution in [0.4, 0.5) is 0 Å². The summed E-state index contributed by atoms with van der Waals surface area (Å²) in [6.45, 7) is 0.930. The standard InChI is InChI=1S/C9H18N4O2.2ClH/c1-13(2,3)5-4-9(11-12-9)6-7(10)8(14)15;;/h7H,4-6,10H2,1-3H3;2*1H/t7-;;/m0../s1. The molecule has 0 aliphatic carbocycles. The smallest absolute Gasteiger partial charge is 0.362 e. The third-order valence-corrected chi connectivity index (χ3v) is 2.49. The Kier molecular flexibility index (Phi) is 7.22. The first-order valence-electron chi connectivity index (χ1n) is 5.05. The predicted octanol–water partition coefficient (Wildman–Crippen LogP) is -6.66. The minimum absolute atomic E-state index is 0. The van der Waals surface area contributed by atoms with Crippen LogP contribution in [0.25, 0.3) is 0 Å². The van der Waals surface area contributed by atoms with Gasteiger partial charge in [0.1, 0.15) is 0 Å². The van der Waals surface area contributed by atoms with Gasteiger partial charge in [0.15, 0.2) is 6.04 Å². The van der Waals surface area contributed by atoms with E-state index in [4.69, 9.17) is 5.11 Å². The van der Waals surface area contributed by atoms with E-state index in [2.05, 4.69) is 37.1 Å². The lowest BCUT2D eigenvalue weighted by Gasteiger charge is -2.25. The number of halogens is 2. The number of carboxylic acids is 1. The zero-order valence-electron chi connectivity index (χ0n) is 10.4. The molecule has 0 radical (unpaired) electrons. The highest BCUT2D eigenvalue weighted by molar-refractivity contribution is 5.71. The van der Waals surface area contributed by atoms with Crippen LogP contribution in [-0.4, -0.2) is 55.0 Å². The fourth-order valence-electron chi connectivity index (χ4n) is 1.35. The van der Waals surface area contributed by atoms with Crippen LogP contribution >= 0.6 is 0 Å². The molecule has 6 nitrogen and oxygen atoms in total. The first kappa shape index (κ1) is 18.9. The molecule has 0 spiro atoms. The summed E-state index contributed by atoms with van der Waals surface area (Å²) >= 11 is 0. The van der Waals surface area contributed by atoms with Gasteiger partial charge in [0.2, 0.25) is 5.66 Å². The lowest BCUT2D eigenvalue weighted by Crippen LogP contribution is -3.00. The Morgan fingerprint density at radius 2 is 1.82 bits per heavy atom. The molecule has 0 saturated carbocycles. The molecule has 8 heteroatoms. The molecule has 0 amide bonds. The summed E-state index contributed by atoms with van der Waals surface area (Å²) < 4.78 is 0.835. The fourth-order valence-corrected chi connectivity index (χ4v) is 1.35. The van der Waals surface area contributed by atoms with Gasteiger partial charge in [-0.1, -0.05) is 0 Å². The maximum Gasteiger partial charge on any atom is 0.362 e. The van der Waals surface area contributed by atoms with Gasteiger partial charge in [-0.25, -0.2) is 4.79 Å². The van der Waals surface area contributed by atoms with Crippen molar-refractivity contribution in [1.29, 1.82) is 0 Å². The number of carboxylic acid groups (broad SMARTS) is 1. The van der Waals surface area contributed by atoms with Crippen molar-refractivity contribution >= 4 is 5.97 Å². The van der Waals surface area contributed by atoms with E-state index in [0.29, 0.717) is 6.42 Å². The second kappa shape index (κ2) is 6.49. The van der Waals surface area contributed by atoms with Gasteiger partial charge < -0.3 is 40.1 Å². The number of rotatable bonds is 6. The Morgan fingerprint density at radius 1 is 1.35 bits per heavy atom. The van der Waals surface area contributed by atoms with Crippen LogP contribution in [0.2, 0.25) is 0 Å². The van der Waals surface area contributed by atoms with Crippen molar-refractivity contribution in [2.75, 3.05) is 27.7 Å². The molecule has 0 aromatic carbocycles. The Balaban J connectivity index is 0. The maximum absolute atomic E-state index is 10.7. The minimum Gasteiger partial charge on any atom is -1.00 e. The molecule has 0 unspecified atom stereocenters. The van der Waals surface area contributed by atoms with Crippen LogP contribution in [0, 0.1) is 0 Å². The third-order valence-electron chi connectivity index (χ3n) is 2.49. The molecule has 1 aliphatic rings. The highest BCUT2D eigenvalue weighted by atomic mass is 35.5. The summed E-state index contributed by atoms with van der Waals surface area (Å²) in [5.41, 5.74) is 3.13. The summed E-state index contributed by atoms with van der Waals surface area (Å²) in [6.07, 6.45) is 1.22. The average molecular weight is 287 g/mol. The van der Waals surface area contributed by atoms with E-state index in [1.807, 2.05) is 0 Å². The van der Waals surface area contributed by atoms with Crippen molar-refractivity contribution in [3.05, 3.63) is 0 Å².